The van der Waals surface area contributed by atoms with Gasteiger partial charge in [0.15, 0.2) is 0 Å². The number of nitriles is 1. The van der Waals surface area contributed by atoms with Gasteiger partial charge in [-0.1, -0.05) is 18.2 Å². The number of nitrogens with zero attached hydrogens (tertiary/aromatic N) is 1. The molecular weight excluding hydrogens is 230 g/mol. The van der Waals surface area contributed by atoms with Crippen LogP contribution in [0, 0.1) is 11.3 Å². The molecule has 2 unspecified atom stereocenters. The summed E-state index contributed by atoms with van der Waals surface area (Å²) in [6, 6.07) is 9.38. The molecule has 1 aromatic rings. The molecule has 1 heterocycles. The van der Waals surface area contributed by atoms with Crippen LogP contribution in [0.2, 0.25) is 0 Å². The second-order valence-electron chi connectivity index (χ2n) is 4.76. The van der Waals surface area contributed by atoms with Gasteiger partial charge in [0.1, 0.15) is 17.5 Å². The minimum absolute atomic E-state index is 0.0745. The van der Waals surface area contributed by atoms with E-state index in [1.165, 1.54) is 6.92 Å². The fourth-order valence-electron chi connectivity index (χ4n) is 2.53. The fourth-order valence-corrected chi connectivity index (χ4v) is 2.53. The molecule has 94 valence electrons. The molecule has 2 atom stereocenters. The Morgan fingerprint density at radius 1 is 1.61 bits per heavy atom. The summed E-state index contributed by atoms with van der Waals surface area (Å²) in [7, 11) is 0. The number of fused-ring (bicyclic) bond motifs is 1. The first-order valence-corrected chi connectivity index (χ1v) is 5.87. The summed E-state index contributed by atoms with van der Waals surface area (Å²) in [5, 5.41) is 20.1. The van der Waals surface area contributed by atoms with Crippen LogP contribution in [-0.4, -0.2) is 23.6 Å². The molecule has 1 aliphatic rings. The number of carbonyl (C=O) groups is 1. The lowest BCUT2D eigenvalue weighted by molar-refractivity contribution is -0.114. The summed E-state index contributed by atoms with van der Waals surface area (Å²) in [5.74, 6) is 0.608. The second kappa shape index (κ2) is 4.43. The normalized spacial score (nSPS) is 25.2. The zero-order valence-electron chi connectivity index (χ0n) is 10.2. The zero-order chi connectivity index (χ0) is 13.2. The third kappa shape index (κ3) is 1.68. The van der Waals surface area contributed by atoms with E-state index < -0.39 is 11.0 Å². The number of ether oxygens (including phenoxy) is 1. The largest absolute Gasteiger partial charge is 0.493 e. The van der Waals surface area contributed by atoms with E-state index in [0.717, 1.165) is 0 Å². The SMILES string of the molecule is CC(O)(CC=O)C1(C#N)CCOc2ccccc21. The topological polar surface area (TPSA) is 70.3 Å². The maximum Gasteiger partial charge on any atom is 0.124 e. The van der Waals surface area contributed by atoms with Gasteiger partial charge in [0.25, 0.3) is 0 Å². The van der Waals surface area contributed by atoms with E-state index >= 15 is 0 Å². The van der Waals surface area contributed by atoms with Crippen LogP contribution in [0.4, 0.5) is 0 Å². The highest BCUT2D eigenvalue weighted by atomic mass is 16.5. The first kappa shape index (κ1) is 12.6. The molecular formula is C14H15NO3. The van der Waals surface area contributed by atoms with Gasteiger partial charge in [-0.15, -0.1) is 0 Å². The van der Waals surface area contributed by atoms with E-state index in [0.29, 0.717) is 30.6 Å². The average Bonchev–Trinajstić information content (AvgIpc) is 2.37. The Morgan fingerprint density at radius 3 is 3.00 bits per heavy atom. The van der Waals surface area contributed by atoms with Crippen LogP contribution >= 0.6 is 0 Å². The first-order valence-electron chi connectivity index (χ1n) is 5.87. The molecule has 4 nitrogen and oxygen atoms in total. The van der Waals surface area contributed by atoms with Crippen molar-refractivity contribution in [2.45, 2.75) is 30.8 Å². The molecule has 0 amide bonds. The standard InChI is InChI=1S/C14H15NO3/c1-13(17,6-8-16)14(10-15)7-9-18-12-5-3-2-4-11(12)14/h2-5,8,17H,6-7,9H2,1H3. The van der Waals surface area contributed by atoms with Crippen LogP contribution in [0.25, 0.3) is 0 Å². The Morgan fingerprint density at radius 2 is 2.33 bits per heavy atom. The lowest BCUT2D eigenvalue weighted by Gasteiger charge is -2.42. The predicted octanol–water partition coefficient (Wildman–Crippen LogP) is 1.57. The van der Waals surface area contributed by atoms with Crippen LogP contribution in [0.1, 0.15) is 25.3 Å². The van der Waals surface area contributed by atoms with E-state index in [-0.39, 0.29) is 6.42 Å². The summed E-state index contributed by atoms with van der Waals surface area (Å²) in [6.07, 6.45) is 0.952. The summed E-state index contributed by atoms with van der Waals surface area (Å²) in [6.45, 7) is 1.90. The van der Waals surface area contributed by atoms with Gasteiger partial charge < -0.3 is 14.6 Å². The van der Waals surface area contributed by atoms with Crippen LogP contribution in [0.3, 0.4) is 0 Å². The smallest absolute Gasteiger partial charge is 0.124 e. The predicted molar refractivity (Wildman–Crippen MR) is 65.1 cm³/mol. The molecule has 2 rings (SSSR count). The Bertz CT molecular complexity index is 504. The number of rotatable bonds is 3. The maximum absolute atomic E-state index is 10.7. The molecule has 0 spiro atoms. The lowest BCUT2D eigenvalue weighted by atomic mass is 9.65. The van der Waals surface area contributed by atoms with Crippen LogP contribution in [0.15, 0.2) is 24.3 Å². The van der Waals surface area contributed by atoms with Crippen LogP contribution < -0.4 is 4.74 Å². The second-order valence-corrected chi connectivity index (χ2v) is 4.76. The molecule has 0 radical (unpaired) electrons. The third-order valence-corrected chi connectivity index (χ3v) is 3.67. The Balaban J connectivity index is 2.60. The van der Waals surface area contributed by atoms with Crippen molar-refractivity contribution >= 4 is 6.29 Å². The molecule has 1 aliphatic heterocycles. The monoisotopic (exact) mass is 245 g/mol. The average molecular weight is 245 g/mol. The Hall–Kier alpha value is -1.86. The number of aldehydes is 1. The molecule has 0 saturated carbocycles. The van der Waals surface area contributed by atoms with Gasteiger partial charge in [0.2, 0.25) is 0 Å². The molecule has 0 saturated heterocycles. The van der Waals surface area contributed by atoms with Crippen molar-refractivity contribution in [3.05, 3.63) is 29.8 Å². The minimum Gasteiger partial charge on any atom is -0.493 e. The third-order valence-electron chi connectivity index (χ3n) is 3.67. The van der Waals surface area contributed by atoms with Crippen molar-refractivity contribution < 1.29 is 14.6 Å². The zero-order valence-corrected chi connectivity index (χ0v) is 10.2. The summed E-state index contributed by atoms with van der Waals surface area (Å²) < 4.78 is 5.50. The van der Waals surface area contributed by atoms with E-state index in [1.54, 1.807) is 18.2 Å². The number of benzene rings is 1. The van der Waals surface area contributed by atoms with Gasteiger partial charge in [-0.05, 0) is 13.0 Å². The summed E-state index contributed by atoms with van der Waals surface area (Å²) in [4.78, 5) is 10.7. The Kier molecular flexibility index (Phi) is 3.10. The molecule has 1 aromatic carbocycles. The maximum atomic E-state index is 10.7. The van der Waals surface area contributed by atoms with Crippen molar-refractivity contribution in [2.24, 2.45) is 0 Å². The van der Waals surface area contributed by atoms with Crippen molar-refractivity contribution in [3.63, 3.8) is 0 Å². The minimum atomic E-state index is -1.40. The van der Waals surface area contributed by atoms with E-state index in [2.05, 4.69) is 6.07 Å². The van der Waals surface area contributed by atoms with Gasteiger partial charge >= 0.3 is 0 Å². The number of aliphatic hydroxyl groups is 1. The number of hydrogen-bond acceptors (Lipinski definition) is 4. The van der Waals surface area contributed by atoms with Crippen molar-refractivity contribution in [1.29, 1.82) is 5.26 Å². The molecule has 18 heavy (non-hydrogen) atoms. The van der Waals surface area contributed by atoms with Gasteiger partial charge in [-0.3, -0.25) is 0 Å². The first-order chi connectivity index (χ1) is 8.57. The van der Waals surface area contributed by atoms with Crippen LogP contribution in [0.5, 0.6) is 5.75 Å². The number of para-hydroxylation sites is 1. The molecule has 4 heteroatoms. The summed E-state index contributed by atoms with van der Waals surface area (Å²) >= 11 is 0. The van der Waals surface area contributed by atoms with E-state index in [1.807, 2.05) is 6.07 Å². The van der Waals surface area contributed by atoms with Crippen molar-refractivity contribution in [3.8, 4) is 11.8 Å². The molecule has 0 aromatic heterocycles. The van der Waals surface area contributed by atoms with E-state index in [4.69, 9.17) is 4.74 Å². The highest BCUT2D eigenvalue weighted by molar-refractivity contribution is 5.56. The highest BCUT2D eigenvalue weighted by Crippen LogP contribution is 2.46. The van der Waals surface area contributed by atoms with Crippen LogP contribution in [-0.2, 0) is 10.2 Å². The van der Waals surface area contributed by atoms with E-state index in [9.17, 15) is 15.2 Å². The highest BCUT2D eigenvalue weighted by Gasteiger charge is 2.51. The Labute approximate surface area is 106 Å². The number of carbonyl (C=O) groups excluding carboxylic acids is 1. The summed E-state index contributed by atoms with van der Waals surface area (Å²) in [5.41, 5.74) is -1.84. The van der Waals surface area contributed by atoms with Crippen molar-refractivity contribution in [1.82, 2.24) is 0 Å². The fraction of sp³-hybridized carbons (Fsp3) is 0.429. The van der Waals surface area contributed by atoms with Gasteiger partial charge in [-0.2, -0.15) is 5.26 Å². The molecule has 1 N–H and O–H groups in total. The number of hydrogen-bond donors (Lipinski definition) is 1. The quantitative estimate of drug-likeness (QED) is 0.820. The van der Waals surface area contributed by atoms with Gasteiger partial charge in [0, 0.05) is 18.4 Å². The van der Waals surface area contributed by atoms with Gasteiger partial charge in [-0.25, -0.2) is 0 Å². The molecule has 0 fully saturated rings. The molecule has 0 bridgehead atoms. The lowest BCUT2D eigenvalue weighted by Crippen LogP contribution is -2.51. The molecule has 0 aliphatic carbocycles. The van der Waals surface area contributed by atoms with Crippen molar-refractivity contribution in [2.75, 3.05) is 6.61 Å². The van der Waals surface area contributed by atoms with Gasteiger partial charge in [0.05, 0.1) is 18.3 Å².